The van der Waals surface area contributed by atoms with E-state index in [9.17, 15) is 5.11 Å². The third-order valence-corrected chi connectivity index (χ3v) is 3.41. The summed E-state index contributed by atoms with van der Waals surface area (Å²) in [5.41, 5.74) is 1.42. The molecule has 0 aliphatic carbocycles. The van der Waals surface area contributed by atoms with E-state index in [0.29, 0.717) is 17.3 Å². The summed E-state index contributed by atoms with van der Waals surface area (Å²) in [6, 6.07) is 7.79. The lowest BCUT2D eigenvalue weighted by Crippen LogP contribution is -2.27. The van der Waals surface area contributed by atoms with Crippen LogP contribution in [0.4, 0.5) is 0 Å². The number of halogens is 1. The topological polar surface area (TPSA) is 38.0 Å². The molecular weight excluding hydrogens is 248 g/mol. The number of aryl methyl sites for hydroxylation is 2. The van der Waals surface area contributed by atoms with Gasteiger partial charge in [-0.15, -0.1) is 0 Å². The second-order valence-electron chi connectivity index (χ2n) is 4.60. The fourth-order valence-corrected chi connectivity index (χ4v) is 2.50. The van der Waals surface area contributed by atoms with Gasteiger partial charge < -0.3 is 5.11 Å². The molecule has 0 fully saturated rings. The first-order valence-electron chi connectivity index (χ1n) is 5.98. The largest absolute Gasteiger partial charge is 0.379 e. The zero-order valence-electron chi connectivity index (χ0n) is 10.8. The Labute approximate surface area is 112 Å². The number of aliphatic hydroxyl groups is 1. The van der Waals surface area contributed by atoms with Crippen molar-refractivity contribution >= 4 is 11.6 Å². The maximum Gasteiger partial charge on any atom is 0.130 e. The highest BCUT2D eigenvalue weighted by Crippen LogP contribution is 2.34. The van der Waals surface area contributed by atoms with Crippen LogP contribution in [0.15, 0.2) is 30.5 Å². The molecule has 96 valence electrons. The van der Waals surface area contributed by atoms with Gasteiger partial charge in [0.1, 0.15) is 5.60 Å². The molecule has 1 heterocycles. The smallest absolute Gasteiger partial charge is 0.130 e. The van der Waals surface area contributed by atoms with Crippen molar-refractivity contribution in [1.82, 2.24) is 9.78 Å². The van der Waals surface area contributed by atoms with E-state index < -0.39 is 5.60 Å². The SMILES string of the molecule is CCn1ncc(Cl)c1C(C)(O)c1cccc(C)c1. The van der Waals surface area contributed by atoms with Crippen molar-refractivity contribution in [2.45, 2.75) is 32.9 Å². The van der Waals surface area contributed by atoms with E-state index in [-0.39, 0.29) is 0 Å². The Hall–Kier alpha value is -1.32. The Kier molecular flexibility index (Phi) is 3.46. The molecule has 0 aliphatic heterocycles. The lowest BCUT2D eigenvalue weighted by Gasteiger charge is -2.25. The maximum absolute atomic E-state index is 10.8. The summed E-state index contributed by atoms with van der Waals surface area (Å²) in [5.74, 6) is 0. The van der Waals surface area contributed by atoms with Crippen molar-refractivity contribution < 1.29 is 5.11 Å². The number of rotatable bonds is 3. The number of aromatic nitrogens is 2. The van der Waals surface area contributed by atoms with Gasteiger partial charge >= 0.3 is 0 Å². The Morgan fingerprint density at radius 1 is 1.44 bits per heavy atom. The molecule has 3 nitrogen and oxygen atoms in total. The van der Waals surface area contributed by atoms with E-state index in [4.69, 9.17) is 11.6 Å². The summed E-state index contributed by atoms with van der Waals surface area (Å²) >= 11 is 6.15. The highest BCUT2D eigenvalue weighted by molar-refractivity contribution is 6.31. The second kappa shape index (κ2) is 4.75. The van der Waals surface area contributed by atoms with Crippen LogP contribution in [-0.4, -0.2) is 14.9 Å². The van der Waals surface area contributed by atoms with Crippen LogP contribution in [0.1, 0.15) is 30.7 Å². The van der Waals surface area contributed by atoms with E-state index in [2.05, 4.69) is 5.10 Å². The van der Waals surface area contributed by atoms with Crippen LogP contribution in [-0.2, 0) is 12.1 Å². The molecule has 0 amide bonds. The average molecular weight is 265 g/mol. The predicted molar refractivity (Wildman–Crippen MR) is 72.8 cm³/mol. The summed E-state index contributed by atoms with van der Waals surface area (Å²) in [5, 5.41) is 15.5. The van der Waals surface area contributed by atoms with Crippen molar-refractivity contribution in [3.8, 4) is 0 Å². The maximum atomic E-state index is 10.8. The van der Waals surface area contributed by atoms with E-state index in [1.807, 2.05) is 38.1 Å². The van der Waals surface area contributed by atoms with Gasteiger partial charge in [0, 0.05) is 6.54 Å². The van der Waals surface area contributed by atoms with Crippen LogP contribution in [0.5, 0.6) is 0 Å². The lowest BCUT2D eigenvalue weighted by atomic mass is 9.91. The summed E-state index contributed by atoms with van der Waals surface area (Å²) in [6.45, 7) is 6.39. The van der Waals surface area contributed by atoms with E-state index in [0.717, 1.165) is 11.1 Å². The van der Waals surface area contributed by atoms with Gasteiger partial charge in [0.25, 0.3) is 0 Å². The molecule has 0 saturated heterocycles. The molecule has 0 aliphatic rings. The molecule has 1 atom stereocenters. The van der Waals surface area contributed by atoms with Gasteiger partial charge in [-0.2, -0.15) is 5.10 Å². The third-order valence-electron chi connectivity index (χ3n) is 3.14. The Balaban J connectivity index is 2.57. The molecule has 0 spiro atoms. The standard InChI is InChI=1S/C14H17ClN2O/c1-4-17-13(12(15)9-16-17)14(3,18)11-7-5-6-10(2)8-11/h5-9,18H,4H2,1-3H3. The minimum absolute atomic E-state index is 0.489. The van der Waals surface area contributed by atoms with Crippen LogP contribution in [0.3, 0.4) is 0 Å². The lowest BCUT2D eigenvalue weighted by molar-refractivity contribution is 0.0918. The quantitative estimate of drug-likeness (QED) is 0.925. The molecule has 1 aromatic heterocycles. The molecule has 1 unspecified atom stereocenters. The van der Waals surface area contributed by atoms with Crippen molar-refractivity contribution in [1.29, 1.82) is 0 Å². The first-order valence-corrected chi connectivity index (χ1v) is 6.36. The first kappa shape index (κ1) is 13.1. The molecule has 0 saturated carbocycles. The summed E-state index contributed by atoms with van der Waals surface area (Å²) in [4.78, 5) is 0. The van der Waals surface area contributed by atoms with Crippen molar-refractivity contribution in [3.63, 3.8) is 0 Å². The van der Waals surface area contributed by atoms with Crippen molar-refractivity contribution in [3.05, 3.63) is 52.3 Å². The molecule has 2 rings (SSSR count). The van der Waals surface area contributed by atoms with Gasteiger partial charge in [0.2, 0.25) is 0 Å². The molecule has 2 aromatic rings. The summed E-state index contributed by atoms with van der Waals surface area (Å²) < 4.78 is 1.73. The van der Waals surface area contributed by atoms with Crippen LogP contribution >= 0.6 is 11.6 Å². The van der Waals surface area contributed by atoms with Gasteiger partial charge in [0.15, 0.2) is 0 Å². The minimum Gasteiger partial charge on any atom is -0.379 e. The Morgan fingerprint density at radius 2 is 2.17 bits per heavy atom. The van der Waals surface area contributed by atoms with E-state index in [1.54, 1.807) is 17.8 Å². The van der Waals surface area contributed by atoms with Crippen LogP contribution < -0.4 is 0 Å². The summed E-state index contributed by atoms with van der Waals surface area (Å²) in [7, 11) is 0. The van der Waals surface area contributed by atoms with Crippen LogP contribution in [0, 0.1) is 6.92 Å². The predicted octanol–water partition coefficient (Wildman–Crippen LogP) is 3.12. The van der Waals surface area contributed by atoms with Gasteiger partial charge in [-0.05, 0) is 26.3 Å². The third kappa shape index (κ3) is 2.16. The molecule has 18 heavy (non-hydrogen) atoms. The number of hydrogen-bond acceptors (Lipinski definition) is 2. The molecule has 1 aromatic carbocycles. The fraction of sp³-hybridized carbons (Fsp3) is 0.357. The zero-order chi connectivity index (χ0) is 13.3. The van der Waals surface area contributed by atoms with Gasteiger partial charge in [0.05, 0.1) is 16.9 Å². The van der Waals surface area contributed by atoms with Crippen LogP contribution in [0.25, 0.3) is 0 Å². The van der Waals surface area contributed by atoms with Crippen LogP contribution in [0.2, 0.25) is 5.02 Å². The number of benzene rings is 1. The first-order chi connectivity index (χ1) is 8.46. The summed E-state index contributed by atoms with van der Waals surface area (Å²) in [6.07, 6.45) is 1.57. The van der Waals surface area contributed by atoms with Crippen molar-refractivity contribution in [2.24, 2.45) is 0 Å². The van der Waals surface area contributed by atoms with Gasteiger partial charge in [-0.25, -0.2) is 0 Å². The molecule has 0 bridgehead atoms. The van der Waals surface area contributed by atoms with Gasteiger partial charge in [-0.3, -0.25) is 4.68 Å². The molecule has 4 heteroatoms. The molecule has 0 radical (unpaired) electrons. The van der Waals surface area contributed by atoms with E-state index >= 15 is 0 Å². The van der Waals surface area contributed by atoms with Gasteiger partial charge in [-0.1, -0.05) is 41.4 Å². The molecular formula is C14H17ClN2O. The normalized spacial score (nSPS) is 14.5. The fourth-order valence-electron chi connectivity index (χ4n) is 2.17. The highest BCUT2D eigenvalue weighted by atomic mass is 35.5. The van der Waals surface area contributed by atoms with E-state index in [1.165, 1.54) is 0 Å². The minimum atomic E-state index is -1.14. The Morgan fingerprint density at radius 3 is 2.78 bits per heavy atom. The van der Waals surface area contributed by atoms with Crippen molar-refractivity contribution in [2.75, 3.05) is 0 Å². The molecule has 1 N–H and O–H groups in total. The Bertz CT molecular complexity index is 561. The highest BCUT2D eigenvalue weighted by Gasteiger charge is 2.32. The zero-order valence-corrected chi connectivity index (χ0v) is 11.6. The average Bonchev–Trinajstić information content (AvgIpc) is 2.71. The monoisotopic (exact) mass is 264 g/mol. The number of hydrogen-bond donors (Lipinski definition) is 1. The number of nitrogens with zero attached hydrogens (tertiary/aromatic N) is 2. The second-order valence-corrected chi connectivity index (χ2v) is 5.01.